The van der Waals surface area contributed by atoms with Crippen LogP contribution in [0.1, 0.15) is 36.3 Å². The third kappa shape index (κ3) is 5.31. The molecule has 0 unspecified atom stereocenters. The fraction of sp³-hybridized carbons (Fsp3) is 0.440. The van der Waals surface area contributed by atoms with Crippen molar-refractivity contribution in [3.63, 3.8) is 0 Å². The zero-order chi connectivity index (χ0) is 21.8. The number of benzene rings is 1. The lowest BCUT2D eigenvalue weighted by Crippen LogP contribution is -2.39. The van der Waals surface area contributed by atoms with Gasteiger partial charge >= 0.3 is 0 Å². The number of aromatic nitrogens is 3. The number of likely N-dealkylation sites (tertiary alicyclic amines) is 1. The van der Waals surface area contributed by atoms with Crippen LogP contribution in [0.15, 0.2) is 54.9 Å². The average Bonchev–Trinajstić information content (AvgIpc) is 3.21. The third-order valence-electron chi connectivity index (χ3n) is 6.29. The Morgan fingerprint density at radius 3 is 2.69 bits per heavy atom. The van der Waals surface area contributed by atoms with Gasteiger partial charge in [0.25, 0.3) is 0 Å². The minimum atomic E-state index is 0.192. The van der Waals surface area contributed by atoms with Crippen molar-refractivity contribution in [1.82, 2.24) is 19.4 Å². The largest absolute Gasteiger partial charge is 0.474 e. The van der Waals surface area contributed by atoms with Crippen LogP contribution in [-0.2, 0) is 24.2 Å². The Balaban J connectivity index is 1.12. The van der Waals surface area contributed by atoms with E-state index in [2.05, 4.69) is 20.6 Å². The molecule has 7 heteroatoms. The van der Waals surface area contributed by atoms with Crippen molar-refractivity contribution in [1.29, 1.82) is 0 Å². The number of ether oxygens (including phenoxy) is 2. The molecule has 4 heterocycles. The molecule has 0 aliphatic carbocycles. The molecular weight excluding hydrogens is 424 g/mol. The van der Waals surface area contributed by atoms with Crippen LogP contribution in [0.3, 0.4) is 0 Å². The van der Waals surface area contributed by atoms with E-state index in [4.69, 9.17) is 26.1 Å². The van der Waals surface area contributed by atoms with Gasteiger partial charge < -0.3 is 14.0 Å². The van der Waals surface area contributed by atoms with E-state index in [0.717, 1.165) is 74.2 Å². The normalized spacial score (nSPS) is 19.6. The molecule has 0 bridgehead atoms. The molecule has 0 radical (unpaired) electrons. The number of imidazole rings is 1. The van der Waals surface area contributed by atoms with Gasteiger partial charge in [-0.05, 0) is 37.0 Å². The van der Waals surface area contributed by atoms with Gasteiger partial charge in [-0.1, -0.05) is 35.9 Å². The third-order valence-corrected chi connectivity index (χ3v) is 6.66. The summed E-state index contributed by atoms with van der Waals surface area (Å²) in [7, 11) is 0. The Morgan fingerprint density at radius 1 is 1.06 bits per heavy atom. The molecule has 6 nitrogen and oxygen atoms in total. The summed E-state index contributed by atoms with van der Waals surface area (Å²) >= 11 is 6.30. The van der Waals surface area contributed by atoms with Gasteiger partial charge in [0.05, 0.1) is 19.2 Å². The number of hydrogen-bond donors (Lipinski definition) is 0. The zero-order valence-electron chi connectivity index (χ0n) is 18.2. The smallest absolute Gasteiger partial charge is 0.213 e. The highest BCUT2D eigenvalue weighted by atomic mass is 35.5. The summed E-state index contributed by atoms with van der Waals surface area (Å²) < 4.78 is 14.1. The van der Waals surface area contributed by atoms with E-state index in [0.29, 0.717) is 18.4 Å². The van der Waals surface area contributed by atoms with E-state index >= 15 is 0 Å². The van der Waals surface area contributed by atoms with E-state index in [1.165, 1.54) is 0 Å². The Morgan fingerprint density at radius 2 is 1.91 bits per heavy atom. The van der Waals surface area contributed by atoms with Gasteiger partial charge in [0.2, 0.25) is 5.88 Å². The van der Waals surface area contributed by atoms with Gasteiger partial charge in [-0.2, -0.15) is 0 Å². The van der Waals surface area contributed by atoms with Gasteiger partial charge in [0.1, 0.15) is 11.9 Å². The summed E-state index contributed by atoms with van der Waals surface area (Å²) in [6.07, 6.45) is 8.33. The van der Waals surface area contributed by atoms with Crippen molar-refractivity contribution < 1.29 is 9.47 Å². The Kier molecular flexibility index (Phi) is 6.72. The van der Waals surface area contributed by atoms with E-state index < -0.39 is 0 Å². The van der Waals surface area contributed by atoms with Crippen molar-refractivity contribution in [3.8, 4) is 5.88 Å². The minimum Gasteiger partial charge on any atom is -0.474 e. The summed E-state index contributed by atoms with van der Waals surface area (Å²) in [6, 6.07) is 13.9. The fourth-order valence-electron chi connectivity index (χ4n) is 4.32. The van der Waals surface area contributed by atoms with Gasteiger partial charge in [-0.25, -0.2) is 9.97 Å². The predicted molar refractivity (Wildman–Crippen MR) is 124 cm³/mol. The number of piperidine rings is 1. The lowest BCUT2D eigenvalue weighted by molar-refractivity contribution is -0.0598. The van der Waals surface area contributed by atoms with Crippen molar-refractivity contribution in [2.24, 2.45) is 0 Å². The lowest BCUT2D eigenvalue weighted by Gasteiger charge is -2.32. The van der Waals surface area contributed by atoms with Crippen LogP contribution in [0, 0.1) is 0 Å². The first-order valence-corrected chi connectivity index (χ1v) is 11.8. The standard InChI is InChI=1S/C25H29ClN4O2/c26-23-6-2-1-4-19(23)16-20-5-3-7-25(28-20)32-21-8-12-29(13-9-21)18-24-27-11-14-30(24)17-22-10-15-31-22/h1-7,11,14,21-22H,8-10,12-13,15-18H2/t22-/m0/s1. The van der Waals surface area contributed by atoms with Crippen molar-refractivity contribution in [2.45, 2.75) is 51.0 Å². The summed E-state index contributed by atoms with van der Waals surface area (Å²) in [5, 5.41) is 0.772. The van der Waals surface area contributed by atoms with Crippen LogP contribution in [0.25, 0.3) is 0 Å². The van der Waals surface area contributed by atoms with Crippen LogP contribution in [0.4, 0.5) is 0 Å². The Labute approximate surface area is 194 Å². The summed E-state index contributed by atoms with van der Waals surface area (Å²) in [5.41, 5.74) is 2.05. The van der Waals surface area contributed by atoms with Crippen molar-refractivity contribution >= 4 is 11.6 Å². The summed E-state index contributed by atoms with van der Waals surface area (Å²) in [5.74, 6) is 1.82. The number of halogens is 1. The Hall–Kier alpha value is -2.41. The second-order valence-electron chi connectivity index (χ2n) is 8.61. The van der Waals surface area contributed by atoms with Gasteiger partial charge in [-0.3, -0.25) is 4.90 Å². The molecule has 2 aliphatic heterocycles. The number of pyridine rings is 1. The highest BCUT2D eigenvalue weighted by Gasteiger charge is 2.24. The van der Waals surface area contributed by atoms with E-state index in [-0.39, 0.29) is 6.10 Å². The molecule has 168 valence electrons. The molecule has 2 aliphatic rings. The first kappa shape index (κ1) is 21.4. The topological polar surface area (TPSA) is 52.4 Å². The van der Waals surface area contributed by atoms with Gasteiger partial charge in [0, 0.05) is 55.3 Å². The molecule has 5 rings (SSSR count). The maximum Gasteiger partial charge on any atom is 0.213 e. The molecule has 3 aromatic rings. The van der Waals surface area contributed by atoms with Crippen molar-refractivity contribution in [3.05, 3.63) is 77.0 Å². The first-order valence-electron chi connectivity index (χ1n) is 11.4. The molecule has 0 spiro atoms. The van der Waals surface area contributed by atoms with Crippen molar-refractivity contribution in [2.75, 3.05) is 19.7 Å². The molecule has 0 N–H and O–H groups in total. The quantitative estimate of drug-likeness (QED) is 0.508. The molecule has 2 aromatic heterocycles. The molecule has 32 heavy (non-hydrogen) atoms. The SMILES string of the molecule is Clc1ccccc1Cc1cccc(OC2CCN(Cc3nccn3C[C@@H]3CCO3)CC2)n1. The molecule has 2 saturated heterocycles. The maximum absolute atomic E-state index is 6.30. The fourth-order valence-corrected chi connectivity index (χ4v) is 4.52. The van der Waals surface area contributed by atoms with Crippen LogP contribution in [0.5, 0.6) is 5.88 Å². The van der Waals surface area contributed by atoms with Crippen LogP contribution in [0.2, 0.25) is 5.02 Å². The monoisotopic (exact) mass is 452 g/mol. The average molecular weight is 453 g/mol. The maximum atomic E-state index is 6.30. The first-order chi connectivity index (χ1) is 15.7. The Bertz CT molecular complexity index is 1030. The molecule has 2 fully saturated rings. The number of nitrogens with zero attached hydrogens (tertiary/aromatic N) is 4. The van der Waals surface area contributed by atoms with Crippen LogP contribution >= 0.6 is 11.6 Å². The molecular formula is C25H29ClN4O2. The number of hydrogen-bond acceptors (Lipinski definition) is 5. The van der Waals surface area contributed by atoms with Crippen LogP contribution in [-0.4, -0.2) is 51.3 Å². The van der Waals surface area contributed by atoms with E-state index in [1.807, 2.05) is 48.7 Å². The second kappa shape index (κ2) is 10.0. The van der Waals surface area contributed by atoms with E-state index in [9.17, 15) is 0 Å². The molecule has 1 aromatic carbocycles. The lowest BCUT2D eigenvalue weighted by atomic mass is 10.1. The van der Waals surface area contributed by atoms with Gasteiger partial charge in [-0.15, -0.1) is 0 Å². The van der Waals surface area contributed by atoms with Gasteiger partial charge in [0.15, 0.2) is 0 Å². The highest BCUT2D eigenvalue weighted by Crippen LogP contribution is 2.22. The summed E-state index contributed by atoms with van der Waals surface area (Å²) in [4.78, 5) is 11.7. The molecule has 1 atom stereocenters. The van der Waals surface area contributed by atoms with E-state index in [1.54, 1.807) is 0 Å². The van der Waals surface area contributed by atoms with Crippen LogP contribution < -0.4 is 4.74 Å². The minimum absolute atomic E-state index is 0.192. The molecule has 0 saturated carbocycles. The highest BCUT2D eigenvalue weighted by molar-refractivity contribution is 6.31. The predicted octanol–water partition coefficient (Wildman–Crippen LogP) is 4.35. The second-order valence-corrected chi connectivity index (χ2v) is 9.01. The molecule has 0 amide bonds. The summed E-state index contributed by atoms with van der Waals surface area (Å²) in [6.45, 7) is 4.66. The number of rotatable bonds is 8. The zero-order valence-corrected chi connectivity index (χ0v) is 19.0.